The van der Waals surface area contributed by atoms with E-state index < -0.39 is 11.8 Å². The minimum absolute atomic E-state index is 0.292. The van der Waals surface area contributed by atoms with Crippen LogP contribution in [0.15, 0.2) is 42.7 Å². The average Bonchev–Trinajstić information content (AvgIpc) is 3.03. The highest BCUT2D eigenvalue weighted by molar-refractivity contribution is 5.90. The summed E-state index contributed by atoms with van der Waals surface area (Å²) in [5, 5.41) is 10.5. The minimum atomic E-state index is -1.64. The number of aromatic nitrogens is 3. The summed E-state index contributed by atoms with van der Waals surface area (Å²) in [6, 6.07) is 11.2. The highest BCUT2D eigenvalue weighted by atomic mass is 19.1. The number of hydrogen-bond donors (Lipinski definition) is 1. The lowest BCUT2D eigenvalue weighted by atomic mass is 10.0. The van der Waals surface area contributed by atoms with Crippen molar-refractivity contribution in [1.29, 1.82) is 0 Å². The maximum Gasteiger partial charge on any atom is 0.267 e. The number of likely N-dealkylation sites (N-methyl/N-ethyl adjacent to an activating group) is 1. The molecular weight excluding hydrogens is 397 g/mol. The lowest BCUT2D eigenvalue weighted by Crippen LogP contribution is -2.49. The van der Waals surface area contributed by atoms with Gasteiger partial charge in [0.05, 0.1) is 24.3 Å². The van der Waals surface area contributed by atoms with Gasteiger partial charge in [0.1, 0.15) is 18.0 Å². The Morgan fingerprint density at radius 2 is 2.06 bits per heavy atom. The van der Waals surface area contributed by atoms with E-state index in [0.29, 0.717) is 54.2 Å². The molecule has 1 amide bonds. The van der Waals surface area contributed by atoms with Crippen molar-refractivity contribution in [2.24, 2.45) is 0 Å². The Bertz CT molecular complexity index is 1250. The standard InChI is InChI=1S/C23H20FN5O2/c1-28-10-9-23(31,22(28)30)8-7-15-3-2-4-16(11-15)18-5-6-19-20(27-18)21(26-14-25-19)29-12-17(24)13-29/h2-6,11,14,17,31H,9-10,12-13H2,1H3/t23-/m0/s1. The molecule has 0 bridgehead atoms. The van der Waals surface area contributed by atoms with Gasteiger partial charge < -0.3 is 14.9 Å². The highest BCUT2D eigenvalue weighted by Crippen LogP contribution is 2.29. The molecule has 0 spiro atoms. The molecular formula is C23H20FN5O2. The van der Waals surface area contributed by atoms with Crippen molar-refractivity contribution >= 4 is 22.8 Å². The van der Waals surface area contributed by atoms with E-state index in [1.165, 1.54) is 11.2 Å². The first-order valence-electron chi connectivity index (χ1n) is 10.1. The van der Waals surface area contributed by atoms with Crippen LogP contribution in [0.25, 0.3) is 22.3 Å². The van der Waals surface area contributed by atoms with Crippen molar-refractivity contribution in [3.8, 4) is 23.1 Å². The third kappa shape index (κ3) is 3.47. The van der Waals surface area contributed by atoms with Gasteiger partial charge in [-0.15, -0.1) is 0 Å². The van der Waals surface area contributed by atoms with E-state index >= 15 is 0 Å². The zero-order chi connectivity index (χ0) is 21.6. The van der Waals surface area contributed by atoms with E-state index in [1.54, 1.807) is 7.05 Å². The molecule has 7 nitrogen and oxygen atoms in total. The topological polar surface area (TPSA) is 82.4 Å². The van der Waals surface area contributed by atoms with Crippen molar-refractivity contribution in [1.82, 2.24) is 19.9 Å². The maximum absolute atomic E-state index is 13.3. The largest absolute Gasteiger partial charge is 0.369 e. The number of hydrogen-bond acceptors (Lipinski definition) is 6. The summed E-state index contributed by atoms with van der Waals surface area (Å²) in [5.41, 5.74) is 1.89. The molecule has 2 aliphatic rings. The van der Waals surface area contributed by atoms with Crippen LogP contribution in [0, 0.1) is 11.8 Å². The number of alkyl halides is 1. The Labute approximate surface area is 178 Å². The normalized spacial score (nSPS) is 21.2. The molecule has 1 atom stereocenters. The second-order valence-corrected chi connectivity index (χ2v) is 7.93. The molecule has 1 N–H and O–H groups in total. The SMILES string of the molecule is CN1CC[C@@](O)(C#Cc2cccc(-c3ccc4ncnc(N5CC(F)C5)c4n3)c2)C1=O. The predicted molar refractivity (Wildman–Crippen MR) is 114 cm³/mol. The Morgan fingerprint density at radius 1 is 1.23 bits per heavy atom. The van der Waals surface area contributed by atoms with Crippen LogP contribution in [-0.2, 0) is 4.79 Å². The van der Waals surface area contributed by atoms with E-state index in [1.807, 2.05) is 41.3 Å². The predicted octanol–water partition coefficient (Wildman–Crippen LogP) is 1.79. The van der Waals surface area contributed by atoms with Crippen LogP contribution in [0.2, 0.25) is 0 Å². The monoisotopic (exact) mass is 417 g/mol. The van der Waals surface area contributed by atoms with E-state index in [9.17, 15) is 14.3 Å². The lowest BCUT2D eigenvalue weighted by Gasteiger charge is -2.35. The molecule has 4 heterocycles. The Kier molecular flexibility index (Phi) is 4.56. The Hall–Kier alpha value is -3.57. The number of aliphatic hydroxyl groups is 1. The van der Waals surface area contributed by atoms with Crippen molar-refractivity contribution < 1.29 is 14.3 Å². The molecule has 0 aliphatic carbocycles. The van der Waals surface area contributed by atoms with Gasteiger partial charge in [-0.05, 0) is 24.3 Å². The van der Waals surface area contributed by atoms with Gasteiger partial charge in [0.25, 0.3) is 5.91 Å². The van der Waals surface area contributed by atoms with E-state index in [4.69, 9.17) is 4.98 Å². The number of carbonyl (C=O) groups is 1. The van der Waals surface area contributed by atoms with E-state index in [2.05, 4.69) is 21.8 Å². The van der Waals surface area contributed by atoms with Gasteiger partial charge in [-0.3, -0.25) is 4.79 Å². The molecule has 8 heteroatoms. The van der Waals surface area contributed by atoms with Crippen molar-refractivity contribution in [3.63, 3.8) is 0 Å². The zero-order valence-corrected chi connectivity index (χ0v) is 16.9. The molecule has 2 aromatic heterocycles. The fourth-order valence-corrected chi connectivity index (χ4v) is 3.82. The van der Waals surface area contributed by atoms with E-state index in [0.717, 1.165) is 5.56 Å². The zero-order valence-electron chi connectivity index (χ0n) is 16.9. The van der Waals surface area contributed by atoms with Crippen molar-refractivity contribution in [2.75, 3.05) is 31.6 Å². The summed E-state index contributed by atoms with van der Waals surface area (Å²) in [4.78, 5) is 28.8. The number of benzene rings is 1. The first-order chi connectivity index (χ1) is 14.9. The third-order valence-electron chi connectivity index (χ3n) is 5.68. The molecule has 0 unspecified atom stereocenters. The number of halogens is 1. The molecule has 3 aromatic rings. The van der Waals surface area contributed by atoms with Gasteiger partial charge in [-0.2, -0.15) is 0 Å². The Balaban J connectivity index is 1.48. The summed E-state index contributed by atoms with van der Waals surface area (Å²) in [5.74, 6) is 5.92. The Morgan fingerprint density at radius 3 is 2.81 bits per heavy atom. The number of anilines is 1. The molecule has 156 valence electrons. The van der Waals surface area contributed by atoms with Crippen molar-refractivity contribution in [3.05, 3.63) is 48.3 Å². The molecule has 2 saturated heterocycles. The van der Waals surface area contributed by atoms with E-state index in [-0.39, 0.29) is 5.91 Å². The molecule has 0 saturated carbocycles. The summed E-state index contributed by atoms with van der Waals surface area (Å²) < 4.78 is 13.3. The number of likely N-dealkylation sites (tertiary alicyclic amines) is 1. The van der Waals surface area contributed by atoms with Crippen LogP contribution in [0.5, 0.6) is 0 Å². The average molecular weight is 417 g/mol. The van der Waals surface area contributed by atoms with Crippen molar-refractivity contribution in [2.45, 2.75) is 18.2 Å². The molecule has 5 rings (SSSR count). The number of nitrogens with zero attached hydrogens (tertiary/aromatic N) is 5. The number of carbonyl (C=O) groups excluding carboxylic acids is 1. The minimum Gasteiger partial charge on any atom is -0.369 e. The number of amides is 1. The van der Waals surface area contributed by atoms with Crippen LogP contribution in [0.3, 0.4) is 0 Å². The fraction of sp³-hybridized carbons (Fsp3) is 0.304. The van der Waals surface area contributed by atoms with Gasteiger partial charge in [-0.25, -0.2) is 19.3 Å². The third-order valence-corrected chi connectivity index (χ3v) is 5.68. The smallest absolute Gasteiger partial charge is 0.267 e. The summed E-state index contributed by atoms with van der Waals surface area (Å²) >= 11 is 0. The van der Waals surface area contributed by atoms with Gasteiger partial charge >= 0.3 is 0 Å². The number of fused-ring (bicyclic) bond motifs is 1. The summed E-state index contributed by atoms with van der Waals surface area (Å²) in [6.07, 6.45) is 0.915. The number of rotatable bonds is 2. The molecule has 1 aromatic carbocycles. The molecule has 2 aliphatic heterocycles. The van der Waals surface area contributed by atoms with Crippen LogP contribution in [0.1, 0.15) is 12.0 Å². The van der Waals surface area contributed by atoms with Crippen LogP contribution < -0.4 is 4.90 Å². The van der Waals surface area contributed by atoms with Crippen LogP contribution in [-0.4, -0.2) is 69.3 Å². The van der Waals surface area contributed by atoms with Gasteiger partial charge in [0, 0.05) is 31.1 Å². The summed E-state index contributed by atoms with van der Waals surface area (Å²) in [6.45, 7) is 1.09. The summed E-state index contributed by atoms with van der Waals surface area (Å²) in [7, 11) is 1.65. The maximum atomic E-state index is 13.3. The van der Waals surface area contributed by atoms with Gasteiger partial charge in [0.15, 0.2) is 5.82 Å². The second-order valence-electron chi connectivity index (χ2n) is 7.93. The van der Waals surface area contributed by atoms with Crippen LogP contribution in [0.4, 0.5) is 10.2 Å². The number of pyridine rings is 1. The second kappa shape index (κ2) is 7.29. The van der Waals surface area contributed by atoms with Gasteiger partial charge in [0.2, 0.25) is 5.60 Å². The fourth-order valence-electron chi connectivity index (χ4n) is 3.82. The molecule has 0 radical (unpaired) electrons. The molecule has 31 heavy (non-hydrogen) atoms. The lowest BCUT2D eigenvalue weighted by molar-refractivity contribution is -0.137. The van der Waals surface area contributed by atoms with Crippen LogP contribution >= 0.6 is 0 Å². The quantitative estimate of drug-likeness (QED) is 0.641. The first-order valence-corrected chi connectivity index (χ1v) is 10.1. The first kappa shape index (κ1) is 19.4. The van der Waals surface area contributed by atoms with Gasteiger partial charge in [-0.1, -0.05) is 24.0 Å². The molecule has 2 fully saturated rings. The highest BCUT2D eigenvalue weighted by Gasteiger charge is 2.42.